The Morgan fingerprint density at radius 2 is 2.19 bits per heavy atom. The number of pyridine rings is 1. The summed E-state index contributed by atoms with van der Waals surface area (Å²) in [6, 6.07) is 6.50. The molecule has 1 fully saturated rings. The first-order chi connectivity index (χ1) is 17.6. The summed E-state index contributed by atoms with van der Waals surface area (Å²) >= 11 is 0. The Morgan fingerprint density at radius 3 is 3.03 bits per heavy atom. The number of nitrogens with one attached hydrogen (secondary N) is 4. The molecule has 4 N–H and O–H groups in total. The fourth-order valence-corrected chi connectivity index (χ4v) is 5.02. The van der Waals surface area contributed by atoms with Crippen LogP contribution >= 0.6 is 0 Å². The molecule has 2 aromatic heterocycles. The van der Waals surface area contributed by atoms with Crippen molar-refractivity contribution in [2.75, 3.05) is 43.9 Å². The van der Waals surface area contributed by atoms with E-state index in [1.54, 1.807) is 24.5 Å². The predicted octanol–water partition coefficient (Wildman–Crippen LogP) is 3.53. The van der Waals surface area contributed by atoms with Crippen molar-refractivity contribution in [3.63, 3.8) is 0 Å². The van der Waals surface area contributed by atoms with E-state index in [1.807, 2.05) is 11.0 Å². The number of hydrogen-bond acceptors (Lipinski definition) is 6. The molecule has 1 atom stereocenters. The van der Waals surface area contributed by atoms with E-state index >= 15 is 0 Å². The Labute approximate surface area is 208 Å². The molecule has 0 aliphatic carbocycles. The van der Waals surface area contributed by atoms with Gasteiger partial charge in [-0.1, -0.05) is 6.07 Å². The van der Waals surface area contributed by atoms with Gasteiger partial charge < -0.3 is 30.6 Å². The largest absolute Gasteiger partial charge is 0.492 e. The Kier molecular flexibility index (Phi) is 6.75. The number of amides is 2. The summed E-state index contributed by atoms with van der Waals surface area (Å²) in [4.78, 5) is 33.7. The quantitative estimate of drug-likeness (QED) is 0.358. The van der Waals surface area contributed by atoms with Crippen molar-refractivity contribution in [2.24, 2.45) is 5.92 Å². The lowest BCUT2D eigenvalue weighted by atomic mass is 9.98. The number of methoxy groups -OCH3 is 1. The molecule has 2 aliphatic rings. The van der Waals surface area contributed by atoms with Gasteiger partial charge >= 0.3 is 0 Å². The average molecular weight is 493 g/mol. The molecule has 36 heavy (non-hydrogen) atoms. The average Bonchev–Trinajstić information content (AvgIpc) is 3.27. The number of fused-ring (bicyclic) bond motifs is 1. The van der Waals surface area contributed by atoms with Crippen LogP contribution in [-0.4, -0.2) is 60.5 Å². The molecule has 4 heterocycles. The van der Waals surface area contributed by atoms with Crippen LogP contribution in [0.4, 0.5) is 21.5 Å². The van der Waals surface area contributed by atoms with Gasteiger partial charge in [-0.3, -0.25) is 14.6 Å². The number of piperidine rings is 1. The minimum atomic E-state index is -0.499. The van der Waals surface area contributed by atoms with E-state index < -0.39 is 5.82 Å². The second kappa shape index (κ2) is 10.3. The summed E-state index contributed by atoms with van der Waals surface area (Å²) in [7, 11) is 1.41. The number of rotatable bonds is 8. The monoisotopic (exact) mass is 492 g/mol. The van der Waals surface area contributed by atoms with Gasteiger partial charge in [-0.15, -0.1) is 0 Å². The molecule has 2 amide bonds. The summed E-state index contributed by atoms with van der Waals surface area (Å²) in [5, 5.41) is 9.66. The van der Waals surface area contributed by atoms with Crippen LogP contribution in [0.15, 0.2) is 36.7 Å². The molecule has 0 radical (unpaired) electrons. The highest BCUT2D eigenvalue weighted by atomic mass is 19.1. The fourth-order valence-electron chi connectivity index (χ4n) is 5.02. The number of likely N-dealkylation sites (tertiary alicyclic amines) is 1. The number of H-pyrrole nitrogens is 1. The number of carbonyl (C=O) groups is 2. The molecule has 10 heteroatoms. The first-order valence-electron chi connectivity index (χ1n) is 12.1. The van der Waals surface area contributed by atoms with E-state index in [1.165, 1.54) is 13.2 Å². The maximum Gasteiger partial charge on any atom is 0.255 e. The van der Waals surface area contributed by atoms with Crippen LogP contribution in [0.5, 0.6) is 5.75 Å². The summed E-state index contributed by atoms with van der Waals surface area (Å²) in [5.41, 5.74) is 4.60. The molecule has 1 aromatic carbocycles. The first-order valence-corrected chi connectivity index (χ1v) is 12.1. The van der Waals surface area contributed by atoms with Crippen LogP contribution < -0.4 is 20.7 Å². The predicted molar refractivity (Wildman–Crippen MR) is 135 cm³/mol. The van der Waals surface area contributed by atoms with Gasteiger partial charge in [-0.05, 0) is 37.0 Å². The van der Waals surface area contributed by atoms with E-state index in [9.17, 15) is 14.0 Å². The van der Waals surface area contributed by atoms with E-state index in [0.717, 1.165) is 49.3 Å². The van der Waals surface area contributed by atoms with Crippen LogP contribution in [0, 0.1) is 11.7 Å². The molecule has 2 aliphatic heterocycles. The molecule has 9 nitrogen and oxygen atoms in total. The van der Waals surface area contributed by atoms with E-state index in [4.69, 9.17) is 4.74 Å². The Balaban J connectivity index is 1.52. The third-order valence-electron chi connectivity index (χ3n) is 6.77. The van der Waals surface area contributed by atoms with Gasteiger partial charge in [0.1, 0.15) is 0 Å². The maximum absolute atomic E-state index is 14.4. The minimum absolute atomic E-state index is 0.0692. The number of hydrogen-bond donors (Lipinski definition) is 4. The molecule has 1 unspecified atom stereocenters. The number of para-hydroxylation sites is 1. The standard InChI is InChI=1S/C26H29FN6O3/c1-36-25-18(27)5-2-6-20(25)32-24-22-19(8-10-29-26(22)35)31-23(24)17-7-9-28-13-21(17)30-12-16-4-3-11-33(14-16)15-34/h2,5-7,9,13,15-16,30-32H,3-4,8,10-12,14H2,1H3,(H,29,35). The second-order valence-corrected chi connectivity index (χ2v) is 9.09. The number of halogens is 1. The van der Waals surface area contributed by atoms with Crippen molar-refractivity contribution in [2.45, 2.75) is 19.3 Å². The van der Waals surface area contributed by atoms with Gasteiger partial charge in [0.25, 0.3) is 5.91 Å². The van der Waals surface area contributed by atoms with E-state index in [2.05, 4.69) is 25.9 Å². The van der Waals surface area contributed by atoms with Gasteiger partial charge in [0, 0.05) is 50.1 Å². The molecule has 0 saturated carbocycles. The van der Waals surface area contributed by atoms with Crippen molar-refractivity contribution < 1.29 is 18.7 Å². The third-order valence-corrected chi connectivity index (χ3v) is 6.77. The topological polar surface area (TPSA) is 111 Å². The number of carbonyl (C=O) groups excluding carboxylic acids is 2. The Hall–Kier alpha value is -4.08. The number of ether oxygens (including phenoxy) is 1. The summed E-state index contributed by atoms with van der Waals surface area (Å²) < 4.78 is 19.7. The lowest BCUT2D eigenvalue weighted by Gasteiger charge is -2.30. The molecule has 3 aromatic rings. The zero-order valence-electron chi connectivity index (χ0n) is 20.1. The highest BCUT2D eigenvalue weighted by Gasteiger charge is 2.29. The minimum Gasteiger partial charge on any atom is -0.492 e. The molecule has 0 spiro atoms. The molecule has 5 rings (SSSR count). The van der Waals surface area contributed by atoms with E-state index in [-0.39, 0.29) is 11.7 Å². The van der Waals surface area contributed by atoms with Gasteiger partial charge in [0.15, 0.2) is 11.6 Å². The number of aromatic amines is 1. The number of benzene rings is 1. The van der Waals surface area contributed by atoms with Crippen molar-refractivity contribution in [1.29, 1.82) is 0 Å². The van der Waals surface area contributed by atoms with Crippen LogP contribution in [0.2, 0.25) is 0 Å². The van der Waals surface area contributed by atoms with Gasteiger partial charge in [-0.25, -0.2) is 4.39 Å². The van der Waals surface area contributed by atoms with Crippen LogP contribution in [0.25, 0.3) is 11.3 Å². The van der Waals surface area contributed by atoms with Gasteiger partial charge in [-0.2, -0.15) is 0 Å². The lowest BCUT2D eigenvalue weighted by Crippen LogP contribution is -2.37. The normalized spacial score (nSPS) is 17.2. The van der Waals surface area contributed by atoms with Crippen LogP contribution in [0.1, 0.15) is 28.9 Å². The second-order valence-electron chi connectivity index (χ2n) is 9.09. The molecular formula is C26H29FN6O3. The van der Waals surface area contributed by atoms with Crippen molar-refractivity contribution >= 4 is 29.4 Å². The number of aromatic nitrogens is 2. The fraction of sp³-hybridized carbons (Fsp3) is 0.346. The molecule has 1 saturated heterocycles. The smallest absolute Gasteiger partial charge is 0.255 e. The van der Waals surface area contributed by atoms with E-state index in [0.29, 0.717) is 48.1 Å². The van der Waals surface area contributed by atoms with Gasteiger partial charge in [0.05, 0.1) is 41.6 Å². The molecular weight excluding hydrogens is 463 g/mol. The number of anilines is 3. The van der Waals surface area contributed by atoms with Gasteiger partial charge in [0.2, 0.25) is 6.41 Å². The Morgan fingerprint density at radius 1 is 1.31 bits per heavy atom. The maximum atomic E-state index is 14.4. The molecule has 188 valence electrons. The van der Waals surface area contributed by atoms with Crippen molar-refractivity contribution in [3.05, 3.63) is 53.7 Å². The summed E-state index contributed by atoms with van der Waals surface area (Å²) in [6.07, 6.45) is 7.02. The highest BCUT2D eigenvalue weighted by molar-refractivity contribution is 6.07. The van der Waals surface area contributed by atoms with Crippen LogP contribution in [-0.2, 0) is 11.2 Å². The summed E-state index contributed by atoms with van der Waals surface area (Å²) in [5.74, 6) is -0.300. The van der Waals surface area contributed by atoms with Crippen molar-refractivity contribution in [3.8, 4) is 17.0 Å². The zero-order chi connectivity index (χ0) is 25.1. The number of nitrogens with zero attached hydrogens (tertiary/aromatic N) is 2. The third kappa shape index (κ3) is 4.58. The SMILES string of the molecule is COc1c(F)cccc1Nc1c(-c2ccncc2NCC2CCCN(C=O)C2)[nH]c2c1C(=O)NCC2. The zero-order valence-corrected chi connectivity index (χ0v) is 20.1. The first kappa shape index (κ1) is 23.7. The highest BCUT2D eigenvalue weighted by Crippen LogP contribution is 2.41. The molecule has 0 bridgehead atoms. The van der Waals surface area contributed by atoms with Crippen molar-refractivity contribution in [1.82, 2.24) is 20.2 Å². The lowest BCUT2D eigenvalue weighted by molar-refractivity contribution is -0.119. The summed E-state index contributed by atoms with van der Waals surface area (Å²) in [6.45, 7) is 2.73. The van der Waals surface area contributed by atoms with Crippen LogP contribution in [0.3, 0.4) is 0 Å². The Bertz CT molecular complexity index is 1280.